The first-order valence-corrected chi connectivity index (χ1v) is 2.54. The van der Waals surface area contributed by atoms with Crippen molar-refractivity contribution in [2.24, 2.45) is 0 Å². The van der Waals surface area contributed by atoms with E-state index in [1.54, 1.807) is 6.08 Å². The van der Waals surface area contributed by atoms with Gasteiger partial charge in [-0.15, -0.1) is 6.58 Å². The van der Waals surface area contributed by atoms with E-state index < -0.39 is 0 Å². The highest BCUT2D eigenvalue weighted by Gasteiger charge is 1.88. The summed E-state index contributed by atoms with van der Waals surface area (Å²) in [6.45, 7) is 3.86. The van der Waals surface area contributed by atoms with Crippen LogP contribution in [0.1, 0.15) is 0 Å². The molecule has 46 valence electrons. The van der Waals surface area contributed by atoms with E-state index in [2.05, 4.69) is 29.4 Å². The summed E-state index contributed by atoms with van der Waals surface area (Å²) in [7, 11) is 0. The van der Waals surface area contributed by atoms with E-state index in [-0.39, 0.29) is 6.03 Å². The highest BCUT2D eigenvalue weighted by atomic mass is 32.1. The van der Waals surface area contributed by atoms with Crippen LogP contribution in [-0.2, 0) is 0 Å². The summed E-state index contributed by atoms with van der Waals surface area (Å²) in [4.78, 5) is 10.2. The molecular formula is C4H8N2OS. The van der Waals surface area contributed by atoms with Gasteiger partial charge in [0.05, 0.1) is 0 Å². The molecule has 0 aromatic carbocycles. The van der Waals surface area contributed by atoms with Crippen LogP contribution in [0.5, 0.6) is 0 Å². The Kier molecular flexibility index (Phi) is 4.16. The van der Waals surface area contributed by atoms with E-state index in [0.717, 1.165) is 0 Å². The third-order valence-corrected chi connectivity index (χ3v) is 0.712. The Hall–Kier alpha value is -0.640. The molecule has 3 nitrogen and oxygen atoms in total. The lowest BCUT2D eigenvalue weighted by atomic mass is 10.6. The Morgan fingerprint density at radius 1 is 1.88 bits per heavy atom. The first-order valence-electron chi connectivity index (χ1n) is 2.10. The number of nitrogens with one attached hydrogen (secondary N) is 2. The molecule has 0 aromatic heterocycles. The lowest BCUT2D eigenvalue weighted by Gasteiger charge is -1.96. The zero-order chi connectivity index (χ0) is 6.41. The van der Waals surface area contributed by atoms with Gasteiger partial charge in [0.1, 0.15) is 0 Å². The zero-order valence-electron chi connectivity index (χ0n) is 4.35. The quantitative estimate of drug-likeness (QED) is 0.367. The highest BCUT2D eigenvalue weighted by Crippen LogP contribution is 1.65. The normalized spacial score (nSPS) is 7.62. The lowest BCUT2D eigenvalue weighted by molar-refractivity contribution is 0.247. The van der Waals surface area contributed by atoms with Crippen molar-refractivity contribution in [1.82, 2.24) is 10.0 Å². The van der Waals surface area contributed by atoms with Crippen molar-refractivity contribution < 1.29 is 4.79 Å². The maximum Gasteiger partial charge on any atom is 0.324 e. The molecule has 2 N–H and O–H groups in total. The van der Waals surface area contributed by atoms with E-state index >= 15 is 0 Å². The molecule has 0 radical (unpaired) electrons. The van der Waals surface area contributed by atoms with Crippen LogP contribution in [0.25, 0.3) is 0 Å². The summed E-state index contributed by atoms with van der Waals surface area (Å²) in [5.41, 5.74) is 0. The molecule has 0 aliphatic rings. The molecule has 0 saturated heterocycles. The van der Waals surface area contributed by atoms with Gasteiger partial charge < -0.3 is 5.32 Å². The predicted octanol–water partition coefficient (Wildman–Crippen LogP) is 0.316. The third-order valence-electron chi connectivity index (χ3n) is 0.509. The van der Waals surface area contributed by atoms with Crippen LogP contribution in [0.3, 0.4) is 0 Å². The van der Waals surface area contributed by atoms with E-state index in [4.69, 9.17) is 0 Å². The molecule has 4 heteroatoms. The van der Waals surface area contributed by atoms with Crippen molar-refractivity contribution in [2.75, 3.05) is 6.54 Å². The van der Waals surface area contributed by atoms with Crippen LogP contribution < -0.4 is 10.0 Å². The Morgan fingerprint density at radius 3 is 2.88 bits per heavy atom. The number of urea groups is 1. The van der Waals surface area contributed by atoms with E-state index in [1.165, 1.54) is 0 Å². The van der Waals surface area contributed by atoms with Crippen LogP contribution in [0, 0.1) is 0 Å². The molecule has 0 atom stereocenters. The molecule has 0 unspecified atom stereocenters. The van der Waals surface area contributed by atoms with Gasteiger partial charge in [-0.3, -0.25) is 4.72 Å². The molecule has 0 bridgehead atoms. The molecule has 0 spiro atoms. The van der Waals surface area contributed by atoms with Crippen molar-refractivity contribution in [1.29, 1.82) is 0 Å². The monoisotopic (exact) mass is 132 g/mol. The summed E-state index contributed by atoms with van der Waals surface area (Å²) in [6, 6.07) is -0.312. The Morgan fingerprint density at radius 2 is 2.50 bits per heavy atom. The van der Waals surface area contributed by atoms with Crippen LogP contribution in [0.15, 0.2) is 12.7 Å². The maximum absolute atomic E-state index is 10.2. The van der Waals surface area contributed by atoms with E-state index in [9.17, 15) is 4.79 Å². The number of amides is 2. The molecular weight excluding hydrogens is 124 g/mol. The largest absolute Gasteiger partial charge is 0.334 e. The van der Waals surface area contributed by atoms with Crippen molar-refractivity contribution in [3.63, 3.8) is 0 Å². The average Bonchev–Trinajstić information content (AvgIpc) is 1.83. The molecule has 8 heavy (non-hydrogen) atoms. The highest BCUT2D eigenvalue weighted by molar-refractivity contribution is 7.78. The lowest BCUT2D eigenvalue weighted by Crippen LogP contribution is -2.29. The Bertz CT molecular complexity index is 94.0. The fourth-order valence-electron chi connectivity index (χ4n) is 0.204. The molecule has 0 aliphatic carbocycles. The Labute approximate surface area is 53.7 Å². The first-order chi connectivity index (χ1) is 3.81. The number of thiol groups is 1. The van der Waals surface area contributed by atoms with Gasteiger partial charge in [0.25, 0.3) is 0 Å². The zero-order valence-corrected chi connectivity index (χ0v) is 5.24. The van der Waals surface area contributed by atoms with Crippen LogP contribution in [-0.4, -0.2) is 12.6 Å². The van der Waals surface area contributed by atoms with Crippen LogP contribution >= 0.6 is 12.8 Å². The van der Waals surface area contributed by atoms with Crippen molar-refractivity contribution in [2.45, 2.75) is 0 Å². The minimum atomic E-state index is -0.312. The predicted molar refractivity (Wildman–Crippen MR) is 35.7 cm³/mol. The summed E-state index contributed by atoms with van der Waals surface area (Å²) >= 11 is 3.49. The molecule has 0 aliphatic heterocycles. The summed E-state index contributed by atoms with van der Waals surface area (Å²) in [6.07, 6.45) is 1.59. The second-order valence-electron chi connectivity index (χ2n) is 1.11. The number of hydrogen-bond acceptors (Lipinski definition) is 2. The molecule has 2 amide bonds. The number of carbonyl (C=O) groups is 1. The molecule has 0 fully saturated rings. The molecule has 0 heterocycles. The van der Waals surface area contributed by atoms with Gasteiger partial charge in [0.15, 0.2) is 0 Å². The number of rotatable bonds is 2. The third kappa shape index (κ3) is 3.55. The molecule has 0 aromatic rings. The van der Waals surface area contributed by atoms with E-state index in [0.29, 0.717) is 6.54 Å². The van der Waals surface area contributed by atoms with Gasteiger partial charge >= 0.3 is 6.03 Å². The Balaban J connectivity index is 3.11. The van der Waals surface area contributed by atoms with Gasteiger partial charge in [-0.1, -0.05) is 18.9 Å². The van der Waals surface area contributed by atoms with Crippen molar-refractivity contribution >= 4 is 18.8 Å². The van der Waals surface area contributed by atoms with Crippen LogP contribution in [0.2, 0.25) is 0 Å². The summed E-state index contributed by atoms with van der Waals surface area (Å²) < 4.78 is 2.10. The van der Waals surface area contributed by atoms with E-state index in [1.807, 2.05) is 0 Å². The summed E-state index contributed by atoms with van der Waals surface area (Å²) in [5.74, 6) is 0. The molecule has 0 rings (SSSR count). The minimum absolute atomic E-state index is 0.312. The second kappa shape index (κ2) is 4.52. The second-order valence-corrected chi connectivity index (χ2v) is 1.33. The van der Waals surface area contributed by atoms with Gasteiger partial charge in [0, 0.05) is 6.54 Å². The minimum Gasteiger partial charge on any atom is -0.334 e. The first kappa shape index (κ1) is 7.36. The van der Waals surface area contributed by atoms with Crippen molar-refractivity contribution in [3.05, 3.63) is 12.7 Å². The smallest absolute Gasteiger partial charge is 0.324 e. The van der Waals surface area contributed by atoms with Gasteiger partial charge in [-0.2, -0.15) is 0 Å². The fourth-order valence-corrected chi connectivity index (χ4v) is 0.283. The average molecular weight is 132 g/mol. The summed E-state index contributed by atoms with van der Waals surface area (Å²) in [5, 5.41) is 2.44. The SMILES string of the molecule is C=CCNC(=O)NS. The van der Waals surface area contributed by atoms with Crippen LogP contribution in [0.4, 0.5) is 4.79 Å². The van der Waals surface area contributed by atoms with Gasteiger partial charge in [0.2, 0.25) is 0 Å². The van der Waals surface area contributed by atoms with Gasteiger partial charge in [-0.25, -0.2) is 4.79 Å². The standard InChI is InChI=1S/C4H8N2OS/c1-2-3-5-4(7)6-8/h2,8H,1,3H2,(H2,5,6,7). The van der Waals surface area contributed by atoms with Gasteiger partial charge in [-0.05, 0) is 0 Å². The number of carbonyl (C=O) groups excluding carboxylic acids is 1. The maximum atomic E-state index is 10.2. The van der Waals surface area contributed by atoms with Crippen molar-refractivity contribution in [3.8, 4) is 0 Å². The fraction of sp³-hybridized carbons (Fsp3) is 0.250. The number of hydrogen-bond donors (Lipinski definition) is 3. The molecule has 0 saturated carbocycles. The topological polar surface area (TPSA) is 41.1 Å².